The standard InChI is InChI=1S/C15H23N3O2/c1-5-11(2)18-15(16-3)17-10-12-6-8-13(9-7-12)14(19)20-4/h6-9,11H,5,10H2,1-4H3,(H2,16,17,18). The molecule has 0 radical (unpaired) electrons. The number of guanidine groups is 1. The Bertz CT molecular complexity index is 455. The van der Waals surface area contributed by atoms with Gasteiger partial charge < -0.3 is 15.4 Å². The maximum Gasteiger partial charge on any atom is 0.337 e. The SMILES string of the molecule is CCC(C)NC(=NC)NCc1ccc(C(=O)OC)cc1. The quantitative estimate of drug-likeness (QED) is 0.490. The van der Waals surface area contributed by atoms with Gasteiger partial charge in [-0.1, -0.05) is 19.1 Å². The van der Waals surface area contributed by atoms with Crippen molar-refractivity contribution in [1.82, 2.24) is 10.6 Å². The Morgan fingerprint density at radius 3 is 2.50 bits per heavy atom. The Morgan fingerprint density at radius 2 is 2.00 bits per heavy atom. The minimum absolute atomic E-state index is 0.321. The average molecular weight is 277 g/mol. The first-order chi connectivity index (χ1) is 9.60. The van der Waals surface area contributed by atoms with Gasteiger partial charge in [0.1, 0.15) is 0 Å². The van der Waals surface area contributed by atoms with Crippen LogP contribution in [0.15, 0.2) is 29.3 Å². The molecular formula is C15H23N3O2. The molecule has 1 rings (SSSR count). The number of ether oxygens (including phenoxy) is 1. The third-order valence-electron chi connectivity index (χ3n) is 3.05. The molecule has 1 aromatic carbocycles. The minimum Gasteiger partial charge on any atom is -0.465 e. The van der Waals surface area contributed by atoms with E-state index in [1.54, 1.807) is 19.2 Å². The fourth-order valence-electron chi connectivity index (χ4n) is 1.59. The number of carbonyl (C=O) groups excluding carboxylic acids is 1. The van der Waals surface area contributed by atoms with E-state index in [0.29, 0.717) is 18.2 Å². The van der Waals surface area contributed by atoms with E-state index >= 15 is 0 Å². The first-order valence-electron chi connectivity index (χ1n) is 6.75. The summed E-state index contributed by atoms with van der Waals surface area (Å²) in [5.74, 6) is 0.454. The number of nitrogens with one attached hydrogen (secondary N) is 2. The van der Waals surface area contributed by atoms with Crippen LogP contribution in [-0.2, 0) is 11.3 Å². The maximum absolute atomic E-state index is 11.3. The minimum atomic E-state index is -0.321. The van der Waals surface area contributed by atoms with Crippen molar-refractivity contribution in [2.75, 3.05) is 14.2 Å². The highest BCUT2D eigenvalue weighted by molar-refractivity contribution is 5.89. The van der Waals surface area contributed by atoms with Crippen LogP contribution in [0.5, 0.6) is 0 Å². The molecule has 0 heterocycles. The molecule has 5 heteroatoms. The van der Waals surface area contributed by atoms with Crippen LogP contribution in [0.1, 0.15) is 36.2 Å². The molecule has 0 saturated heterocycles. The van der Waals surface area contributed by atoms with Crippen molar-refractivity contribution >= 4 is 11.9 Å². The second kappa shape index (κ2) is 8.19. The lowest BCUT2D eigenvalue weighted by Gasteiger charge is -2.16. The van der Waals surface area contributed by atoms with Crippen molar-refractivity contribution in [3.63, 3.8) is 0 Å². The molecule has 0 aliphatic heterocycles. The van der Waals surface area contributed by atoms with Crippen molar-refractivity contribution in [2.45, 2.75) is 32.9 Å². The van der Waals surface area contributed by atoms with Crippen LogP contribution >= 0.6 is 0 Å². The lowest BCUT2D eigenvalue weighted by Crippen LogP contribution is -2.41. The van der Waals surface area contributed by atoms with Crippen LogP contribution in [0.2, 0.25) is 0 Å². The summed E-state index contributed by atoms with van der Waals surface area (Å²) in [5, 5.41) is 6.53. The summed E-state index contributed by atoms with van der Waals surface area (Å²) in [4.78, 5) is 15.5. The smallest absolute Gasteiger partial charge is 0.337 e. The van der Waals surface area contributed by atoms with Gasteiger partial charge in [0.05, 0.1) is 12.7 Å². The van der Waals surface area contributed by atoms with E-state index in [1.165, 1.54) is 7.11 Å². The molecule has 0 saturated carbocycles. The van der Waals surface area contributed by atoms with E-state index < -0.39 is 0 Å². The van der Waals surface area contributed by atoms with Crippen molar-refractivity contribution in [3.8, 4) is 0 Å². The molecule has 0 aliphatic carbocycles. The molecule has 5 nitrogen and oxygen atoms in total. The molecule has 20 heavy (non-hydrogen) atoms. The molecular weight excluding hydrogens is 254 g/mol. The molecule has 0 aliphatic rings. The predicted molar refractivity (Wildman–Crippen MR) is 80.9 cm³/mol. The number of hydrogen-bond donors (Lipinski definition) is 2. The van der Waals surface area contributed by atoms with Gasteiger partial charge in [0, 0.05) is 19.6 Å². The summed E-state index contributed by atoms with van der Waals surface area (Å²) in [7, 11) is 3.13. The number of carbonyl (C=O) groups is 1. The van der Waals surface area contributed by atoms with Crippen LogP contribution in [0.4, 0.5) is 0 Å². The van der Waals surface area contributed by atoms with Crippen LogP contribution in [0.3, 0.4) is 0 Å². The molecule has 1 atom stereocenters. The van der Waals surface area contributed by atoms with Gasteiger partial charge in [-0.05, 0) is 31.0 Å². The lowest BCUT2D eigenvalue weighted by molar-refractivity contribution is 0.0600. The average Bonchev–Trinajstić information content (AvgIpc) is 2.50. The van der Waals surface area contributed by atoms with Gasteiger partial charge in [-0.25, -0.2) is 4.79 Å². The second-order valence-corrected chi connectivity index (χ2v) is 4.57. The number of nitrogens with zero attached hydrogens (tertiary/aromatic N) is 1. The Hall–Kier alpha value is -2.04. The molecule has 1 unspecified atom stereocenters. The summed E-state index contributed by atoms with van der Waals surface area (Å²) >= 11 is 0. The molecule has 0 fully saturated rings. The third kappa shape index (κ3) is 4.91. The Balaban J connectivity index is 2.54. The van der Waals surface area contributed by atoms with Gasteiger partial charge in [0.25, 0.3) is 0 Å². The summed E-state index contributed by atoms with van der Waals surface area (Å²) in [6.45, 7) is 4.88. The lowest BCUT2D eigenvalue weighted by atomic mass is 10.1. The Labute approximate surface area is 120 Å². The normalized spacial score (nSPS) is 12.7. The highest BCUT2D eigenvalue weighted by Gasteiger charge is 2.05. The number of benzene rings is 1. The topological polar surface area (TPSA) is 62.7 Å². The summed E-state index contributed by atoms with van der Waals surface area (Å²) < 4.78 is 4.66. The molecule has 0 spiro atoms. The summed E-state index contributed by atoms with van der Waals surface area (Å²) in [5.41, 5.74) is 1.63. The van der Waals surface area contributed by atoms with Crippen LogP contribution in [-0.4, -0.2) is 32.1 Å². The molecule has 0 amide bonds. The van der Waals surface area contributed by atoms with Gasteiger partial charge in [0.2, 0.25) is 0 Å². The Kier molecular flexibility index (Phi) is 6.56. The van der Waals surface area contributed by atoms with E-state index in [-0.39, 0.29) is 5.97 Å². The maximum atomic E-state index is 11.3. The monoisotopic (exact) mass is 277 g/mol. The van der Waals surface area contributed by atoms with Crippen LogP contribution in [0.25, 0.3) is 0 Å². The third-order valence-corrected chi connectivity index (χ3v) is 3.05. The molecule has 1 aromatic rings. The van der Waals surface area contributed by atoms with Crippen molar-refractivity contribution < 1.29 is 9.53 Å². The zero-order chi connectivity index (χ0) is 15.0. The van der Waals surface area contributed by atoms with Gasteiger partial charge in [-0.3, -0.25) is 4.99 Å². The zero-order valence-corrected chi connectivity index (χ0v) is 12.6. The van der Waals surface area contributed by atoms with Crippen LogP contribution in [0, 0.1) is 0 Å². The molecule has 2 N–H and O–H groups in total. The second-order valence-electron chi connectivity index (χ2n) is 4.57. The number of esters is 1. The first kappa shape index (κ1) is 16.0. The molecule has 0 bridgehead atoms. The van der Waals surface area contributed by atoms with Gasteiger partial charge in [-0.15, -0.1) is 0 Å². The van der Waals surface area contributed by atoms with Gasteiger partial charge in [0.15, 0.2) is 5.96 Å². The number of hydrogen-bond acceptors (Lipinski definition) is 3. The first-order valence-corrected chi connectivity index (χ1v) is 6.75. The van der Waals surface area contributed by atoms with E-state index in [4.69, 9.17) is 0 Å². The van der Waals surface area contributed by atoms with Gasteiger partial charge >= 0.3 is 5.97 Å². The van der Waals surface area contributed by atoms with Crippen molar-refractivity contribution in [1.29, 1.82) is 0 Å². The van der Waals surface area contributed by atoms with E-state index in [0.717, 1.165) is 17.9 Å². The van der Waals surface area contributed by atoms with E-state index in [9.17, 15) is 4.79 Å². The summed E-state index contributed by atoms with van der Waals surface area (Å²) in [6, 6.07) is 7.69. The van der Waals surface area contributed by atoms with Crippen LogP contribution < -0.4 is 10.6 Å². The zero-order valence-electron chi connectivity index (χ0n) is 12.6. The number of rotatable bonds is 5. The van der Waals surface area contributed by atoms with E-state index in [2.05, 4.69) is 34.2 Å². The van der Waals surface area contributed by atoms with Crippen molar-refractivity contribution in [3.05, 3.63) is 35.4 Å². The van der Waals surface area contributed by atoms with Crippen molar-refractivity contribution in [2.24, 2.45) is 4.99 Å². The predicted octanol–water partition coefficient (Wildman–Crippen LogP) is 1.94. The molecule has 110 valence electrons. The highest BCUT2D eigenvalue weighted by atomic mass is 16.5. The highest BCUT2D eigenvalue weighted by Crippen LogP contribution is 2.05. The van der Waals surface area contributed by atoms with Gasteiger partial charge in [-0.2, -0.15) is 0 Å². The largest absolute Gasteiger partial charge is 0.465 e. The van der Waals surface area contributed by atoms with E-state index in [1.807, 2.05) is 12.1 Å². The number of methoxy groups -OCH3 is 1. The Morgan fingerprint density at radius 1 is 1.35 bits per heavy atom. The molecule has 0 aromatic heterocycles. The number of aliphatic imine (C=N–C) groups is 1. The fraction of sp³-hybridized carbons (Fsp3) is 0.467. The fourth-order valence-corrected chi connectivity index (χ4v) is 1.59. The summed E-state index contributed by atoms with van der Waals surface area (Å²) in [6.07, 6.45) is 1.04.